The maximum atomic E-state index is 9.36. The highest BCUT2D eigenvalue weighted by atomic mass is 16.3. The normalized spacial score (nSPS) is 10.2. The molecule has 0 aliphatic heterocycles. The molecule has 1 aromatic carbocycles. The highest BCUT2D eigenvalue weighted by molar-refractivity contribution is 5.27. The zero-order valence-corrected chi connectivity index (χ0v) is 13.9. The van der Waals surface area contributed by atoms with Crippen molar-refractivity contribution in [1.82, 2.24) is 0 Å². The Labute approximate surface area is 131 Å². The van der Waals surface area contributed by atoms with Gasteiger partial charge in [0.05, 0.1) is 0 Å². The van der Waals surface area contributed by atoms with E-state index in [1.54, 1.807) is 6.07 Å². The number of phenolic OH excluding ortho intramolecular Hbond substituents is 1. The topological polar surface area (TPSA) is 20.2 Å². The van der Waals surface area contributed by atoms with Gasteiger partial charge < -0.3 is 5.11 Å². The first-order valence-electron chi connectivity index (χ1n) is 8.36. The molecule has 0 aliphatic rings. The molecule has 1 nitrogen and oxygen atoms in total. The first-order chi connectivity index (χ1) is 10.3. The van der Waals surface area contributed by atoms with Gasteiger partial charge in [0.1, 0.15) is 5.75 Å². The molecule has 1 N–H and O–H groups in total. The molecular weight excluding hydrogens is 256 g/mol. The Morgan fingerprint density at radius 3 is 2.43 bits per heavy atom. The summed E-state index contributed by atoms with van der Waals surface area (Å²) < 4.78 is 0. The zero-order chi connectivity index (χ0) is 15.8. The summed E-state index contributed by atoms with van der Waals surface area (Å²) in [5, 5.41) is 9.36. The van der Waals surface area contributed by atoms with E-state index in [4.69, 9.17) is 0 Å². The van der Waals surface area contributed by atoms with Gasteiger partial charge in [0.25, 0.3) is 0 Å². The lowest BCUT2D eigenvalue weighted by Gasteiger charge is -2.02. The number of aromatic hydroxyl groups is 1. The van der Waals surface area contributed by atoms with E-state index in [0.717, 1.165) is 12.8 Å². The fraction of sp³-hybridized carbons (Fsp3) is 0.500. The minimum Gasteiger partial charge on any atom is -0.508 e. The van der Waals surface area contributed by atoms with E-state index in [9.17, 15) is 5.11 Å². The van der Waals surface area contributed by atoms with Gasteiger partial charge in [-0.05, 0) is 49.8 Å². The van der Waals surface area contributed by atoms with Gasteiger partial charge in [-0.25, -0.2) is 0 Å². The van der Waals surface area contributed by atoms with Crippen molar-refractivity contribution in [3.63, 3.8) is 0 Å². The molecular formula is C20H32O. The summed E-state index contributed by atoms with van der Waals surface area (Å²) in [6.07, 6.45) is 16.1. The lowest BCUT2D eigenvalue weighted by Crippen LogP contribution is -1.86. The molecule has 0 unspecified atom stereocenters. The van der Waals surface area contributed by atoms with Crippen LogP contribution in [0.3, 0.4) is 0 Å². The van der Waals surface area contributed by atoms with Crippen LogP contribution < -0.4 is 0 Å². The van der Waals surface area contributed by atoms with Crippen molar-refractivity contribution in [2.24, 2.45) is 0 Å². The summed E-state index contributed by atoms with van der Waals surface area (Å²) in [7, 11) is 0. The predicted octanol–water partition coefficient (Wildman–Crippen LogP) is 6.43. The molecule has 0 saturated carbocycles. The first-order valence-corrected chi connectivity index (χ1v) is 8.36. The molecule has 0 fully saturated rings. The van der Waals surface area contributed by atoms with Crippen molar-refractivity contribution < 1.29 is 5.11 Å². The average Bonchev–Trinajstić information content (AvgIpc) is 2.51. The van der Waals surface area contributed by atoms with Crippen LogP contribution in [-0.2, 0) is 6.42 Å². The fourth-order valence-electron chi connectivity index (χ4n) is 2.14. The van der Waals surface area contributed by atoms with Crippen molar-refractivity contribution in [2.75, 3.05) is 0 Å². The van der Waals surface area contributed by atoms with Crippen molar-refractivity contribution in [3.8, 4) is 5.75 Å². The maximum Gasteiger partial charge on any atom is 0.115 e. The number of unbranched alkanes of at least 4 members (excludes halogenated alkanes) is 5. The molecule has 1 rings (SSSR count). The largest absolute Gasteiger partial charge is 0.508 e. The van der Waals surface area contributed by atoms with E-state index in [-0.39, 0.29) is 0 Å². The Bertz CT molecular complexity index is 379. The van der Waals surface area contributed by atoms with Crippen LogP contribution in [0.1, 0.15) is 64.4 Å². The highest BCUT2D eigenvalue weighted by Crippen LogP contribution is 2.14. The highest BCUT2D eigenvalue weighted by Gasteiger charge is 1.95. The molecule has 0 spiro atoms. The lowest BCUT2D eigenvalue weighted by atomic mass is 10.0. The summed E-state index contributed by atoms with van der Waals surface area (Å²) in [5.41, 5.74) is 1.24. The van der Waals surface area contributed by atoms with Gasteiger partial charge in [0, 0.05) is 0 Å². The number of rotatable bonds is 10. The standard InChI is InChI=1S/C18H26O.C2H6/c1-2-3-4-5-6-7-8-9-10-11-13-17-14-12-15-18(19)16-17;1-2/h2,4-5,12,14-16,19H,1,3,6-11,13H2;1-2H3/b5-4-;. The third-order valence-corrected chi connectivity index (χ3v) is 3.22. The summed E-state index contributed by atoms with van der Waals surface area (Å²) in [6, 6.07) is 7.60. The van der Waals surface area contributed by atoms with E-state index in [0.29, 0.717) is 5.75 Å². The van der Waals surface area contributed by atoms with Crippen molar-refractivity contribution in [2.45, 2.75) is 65.2 Å². The minimum absolute atomic E-state index is 0.379. The Hall–Kier alpha value is -1.50. The minimum atomic E-state index is 0.379. The Balaban J connectivity index is 0.00000191. The second-order valence-corrected chi connectivity index (χ2v) is 4.97. The van der Waals surface area contributed by atoms with Gasteiger partial charge >= 0.3 is 0 Å². The molecule has 0 amide bonds. The van der Waals surface area contributed by atoms with Gasteiger partial charge in [0.2, 0.25) is 0 Å². The Kier molecular flexibility index (Phi) is 13.8. The van der Waals surface area contributed by atoms with E-state index >= 15 is 0 Å². The van der Waals surface area contributed by atoms with Crippen molar-refractivity contribution >= 4 is 0 Å². The first kappa shape index (κ1) is 19.5. The molecule has 0 aliphatic carbocycles. The SMILES string of the molecule is C=CC/C=C\CCCCCCCc1cccc(O)c1.CC. The van der Waals surface area contributed by atoms with Crippen LogP contribution in [0, 0.1) is 0 Å². The van der Waals surface area contributed by atoms with Crippen LogP contribution in [0.5, 0.6) is 5.75 Å². The molecule has 0 heterocycles. The maximum absolute atomic E-state index is 9.36. The van der Waals surface area contributed by atoms with Gasteiger partial charge in [-0.3, -0.25) is 0 Å². The van der Waals surface area contributed by atoms with Crippen LogP contribution in [0.15, 0.2) is 49.1 Å². The molecule has 1 heteroatoms. The second kappa shape index (κ2) is 14.9. The van der Waals surface area contributed by atoms with E-state index in [1.165, 1.54) is 44.1 Å². The third-order valence-electron chi connectivity index (χ3n) is 3.22. The number of hydrogen-bond acceptors (Lipinski definition) is 1. The summed E-state index contributed by atoms with van der Waals surface area (Å²) in [5.74, 6) is 0.379. The number of allylic oxidation sites excluding steroid dienone is 3. The number of benzene rings is 1. The smallest absolute Gasteiger partial charge is 0.115 e. The molecule has 0 saturated heterocycles. The van der Waals surface area contributed by atoms with Crippen LogP contribution in [0.4, 0.5) is 0 Å². The third kappa shape index (κ3) is 12.0. The monoisotopic (exact) mass is 288 g/mol. The number of hydrogen-bond donors (Lipinski definition) is 1. The Morgan fingerprint density at radius 1 is 1.00 bits per heavy atom. The van der Waals surface area contributed by atoms with E-state index in [2.05, 4.69) is 24.8 Å². The molecule has 0 aromatic heterocycles. The number of phenols is 1. The van der Waals surface area contributed by atoms with Gasteiger partial charge in [-0.1, -0.05) is 63.5 Å². The van der Waals surface area contributed by atoms with Crippen LogP contribution in [0.2, 0.25) is 0 Å². The zero-order valence-electron chi connectivity index (χ0n) is 13.9. The predicted molar refractivity (Wildman–Crippen MR) is 94.8 cm³/mol. The molecule has 0 atom stereocenters. The quantitative estimate of drug-likeness (QED) is 0.388. The van der Waals surface area contributed by atoms with Crippen LogP contribution in [0.25, 0.3) is 0 Å². The lowest BCUT2D eigenvalue weighted by molar-refractivity contribution is 0.474. The molecule has 21 heavy (non-hydrogen) atoms. The molecule has 0 bridgehead atoms. The summed E-state index contributed by atoms with van der Waals surface area (Å²) >= 11 is 0. The molecule has 1 aromatic rings. The van der Waals surface area contributed by atoms with E-state index < -0.39 is 0 Å². The van der Waals surface area contributed by atoms with Gasteiger partial charge in [-0.15, -0.1) is 6.58 Å². The molecule has 118 valence electrons. The number of aryl methyl sites for hydroxylation is 1. The summed E-state index contributed by atoms with van der Waals surface area (Å²) in [6.45, 7) is 7.69. The van der Waals surface area contributed by atoms with Gasteiger partial charge in [0.15, 0.2) is 0 Å². The van der Waals surface area contributed by atoms with Crippen LogP contribution in [-0.4, -0.2) is 5.11 Å². The second-order valence-electron chi connectivity index (χ2n) is 4.97. The van der Waals surface area contributed by atoms with Crippen LogP contribution >= 0.6 is 0 Å². The molecule has 0 radical (unpaired) electrons. The summed E-state index contributed by atoms with van der Waals surface area (Å²) in [4.78, 5) is 0. The average molecular weight is 288 g/mol. The van der Waals surface area contributed by atoms with E-state index in [1.807, 2.05) is 32.1 Å². The van der Waals surface area contributed by atoms with Crippen molar-refractivity contribution in [1.29, 1.82) is 0 Å². The van der Waals surface area contributed by atoms with Gasteiger partial charge in [-0.2, -0.15) is 0 Å². The fourth-order valence-corrected chi connectivity index (χ4v) is 2.14. The van der Waals surface area contributed by atoms with Crippen molar-refractivity contribution in [3.05, 3.63) is 54.6 Å². The Morgan fingerprint density at radius 2 is 1.71 bits per heavy atom.